The van der Waals surface area contributed by atoms with Crippen LogP contribution in [0.1, 0.15) is 23.7 Å². The SMILES string of the molecule is Bc1ccc2c(c1)C1(CC(c3cccc(Cl)c3)O2)N=C(SC)N(C)C1=O. The fraction of sp³-hybridized carbons (Fsp3) is 0.263. The Bertz CT molecular complexity index is 936. The third-order valence-corrected chi connectivity index (χ3v) is 5.93. The molecule has 26 heavy (non-hydrogen) atoms. The molecule has 2 unspecified atom stereocenters. The molecule has 0 N–H and O–H groups in total. The van der Waals surface area contributed by atoms with E-state index in [1.165, 1.54) is 11.8 Å². The molecule has 0 saturated carbocycles. The predicted octanol–water partition coefficient (Wildman–Crippen LogP) is 2.51. The Morgan fingerprint density at radius 1 is 1.35 bits per heavy atom. The number of halogens is 1. The van der Waals surface area contributed by atoms with Gasteiger partial charge in [0.05, 0.1) is 0 Å². The number of amides is 1. The van der Waals surface area contributed by atoms with Gasteiger partial charge in [-0.3, -0.25) is 9.69 Å². The summed E-state index contributed by atoms with van der Waals surface area (Å²) in [5, 5.41) is 1.38. The zero-order valence-electron chi connectivity index (χ0n) is 14.8. The molecule has 7 heteroatoms. The first-order valence-electron chi connectivity index (χ1n) is 8.40. The van der Waals surface area contributed by atoms with E-state index in [2.05, 4.69) is 0 Å². The summed E-state index contributed by atoms with van der Waals surface area (Å²) in [6.07, 6.45) is 2.11. The normalized spacial score (nSPS) is 24.4. The summed E-state index contributed by atoms with van der Waals surface area (Å²) in [6.45, 7) is 0. The van der Waals surface area contributed by atoms with Crippen LogP contribution in [0.4, 0.5) is 0 Å². The van der Waals surface area contributed by atoms with Gasteiger partial charge in [0.1, 0.15) is 19.7 Å². The first-order chi connectivity index (χ1) is 12.4. The minimum atomic E-state index is -0.945. The standard InChI is InChI=1S/C19H18BClN2O2S/c1-23-17(24)19(22-18(23)26-2)10-16(11-4-3-5-13(21)8-11)25-15-7-6-12(20)9-14(15)19/h3-9,16H,10,20H2,1-2H3. The lowest BCUT2D eigenvalue weighted by Crippen LogP contribution is -2.43. The van der Waals surface area contributed by atoms with Gasteiger partial charge in [-0.1, -0.05) is 53.1 Å². The van der Waals surface area contributed by atoms with E-state index in [1.54, 1.807) is 11.9 Å². The zero-order chi connectivity index (χ0) is 18.5. The minimum absolute atomic E-state index is 0.0102. The molecule has 2 heterocycles. The van der Waals surface area contributed by atoms with Crippen LogP contribution >= 0.6 is 23.4 Å². The van der Waals surface area contributed by atoms with Crippen molar-refractivity contribution in [3.8, 4) is 5.75 Å². The average molecular weight is 385 g/mol. The van der Waals surface area contributed by atoms with Gasteiger partial charge in [-0.15, -0.1) is 0 Å². The van der Waals surface area contributed by atoms with Crippen molar-refractivity contribution in [3.05, 3.63) is 58.6 Å². The lowest BCUT2D eigenvalue weighted by atomic mass is 9.78. The van der Waals surface area contributed by atoms with Crippen molar-refractivity contribution >= 4 is 47.7 Å². The molecule has 2 aromatic carbocycles. The van der Waals surface area contributed by atoms with Gasteiger partial charge in [-0.05, 0) is 30.0 Å². The molecule has 4 rings (SSSR count). The molecule has 132 valence electrons. The highest BCUT2D eigenvalue weighted by atomic mass is 35.5. The highest BCUT2D eigenvalue weighted by Crippen LogP contribution is 2.50. The van der Waals surface area contributed by atoms with Gasteiger partial charge in [0.15, 0.2) is 10.7 Å². The van der Waals surface area contributed by atoms with Crippen LogP contribution in [-0.2, 0) is 10.3 Å². The van der Waals surface area contributed by atoms with Gasteiger partial charge < -0.3 is 4.74 Å². The van der Waals surface area contributed by atoms with Gasteiger partial charge in [-0.2, -0.15) is 0 Å². The molecule has 2 aliphatic heterocycles. The molecule has 1 amide bonds. The Labute approximate surface area is 163 Å². The van der Waals surface area contributed by atoms with Crippen molar-refractivity contribution in [1.82, 2.24) is 4.90 Å². The second-order valence-electron chi connectivity index (χ2n) is 6.69. The molecule has 0 bridgehead atoms. The maximum absolute atomic E-state index is 13.3. The molecule has 1 spiro atoms. The second-order valence-corrected chi connectivity index (χ2v) is 7.90. The lowest BCUT2D eigenvalue weighted by molar-refractivity contribution is -0.132. The molecule has 2 aromatic rings. The summed E-state index contributed by atoms with van der Waals surface area (Å²) < 4.78 is 6.26. The van der Waals surface area contributed by atoms with Crippen LogP contribution < -0.4 is 10.2 Å². The molecule has 4 nitrogen and oxygen atoms in total. The number of aliphatic imine (C=N–C) groups is 1. The smallest absolute Gasteiger partial charge is 0.261 e. The summed E-state index contributed by atoms with van der Waals surface area (Å²) in [4.78, 5) is 19.8. The van der Waals surface area contributed by atoms with Gasteiger partial charge in [0, 0.05) is 24.1 Å². The molecule has 0 radical (unpaired) electrons. The number of nitrogens with zero attached hydrogens (tertiary/aromatic N) is 2. The number of hydrogen-bond acceptors (Lipinski definition) is 4. The van der Waals surface area contributed by atoms with Crippen LogP contribution in [0, 0.1) is 0 Å². The third kappa shape index (κ3) is 2.63. The quantitative estimate of drug-likeness (QED) is 0.710. The highest BCUT2D eigenvalue weighted by molar-refractivity contribution is 8.13. The average Bonchev–Trinajstić information content (AvgIpc) is 2.87. The van der Waals surface area contributed by atoms with Crippen LogP contribution in [0.3, 0.4) is 0 Å². The maximum Gasteiger partial charge on any atom is 0.261 e. The van der Waals surface area contributed by atoms with Crippen LogP contribution in [0.25, 0.3) is 0 Å². The molecule has 2 atom stereocenters. The van der Waals surface area contributed by atoms with E-state index < -0.39 is 5.54 Å². The van der Waals surface area contributed by atoms with E-state index >= 15 is 0 Å². The van der Waals surface area contributed by atoms with Crippen molar-refractivity contribution in [3.63, 3.8) is 0 Å². The Balaban J connectivity index is 1.89. The van der Waals surface area contributed by atoms with Crippen molar-refractivity contribution in [2.75, 3.05) is 13.3 Å². The maximum atomic E-state index is 13.3. The first kappa shape index (κ1) is 17.5. The van der Waals surface area contributed by atoms with Crippen LogP contribution in [0.15, 0.2) is 47.5 Å². The number of carbonyl (C=O) groups is 1. The Morgan fingerprint density at radius 2 is 2.15 bits per heavy atom. The molecule has 0 aromatic heterocycles. The summed E-state index contributed by atoms with van der Waals surface area (Å²) in [7, 11) is 3.80. The number of rotatable bonds is 1. The Morgan fingerprint density at radius 3 is 2.85 bits per heavy atom. The summed E-state index contributed by atoms with van der Waals surface area (Å²) in [5.41, 5.74) is 1.93. The minimum Gasteiger partial charge on any atom is -0.485 e. The van der Waals surface area contributed by atoms with Crippen LogP contribution in [-0.4, -0.2) is 37.1 Å². The predicted molar refractivity (Wildman–Crippen MR) is 109 cm³/mol. The molecular formula is C19H18BClN2O2S. The number of benzene rings is 2. The lowest BCUT2D eigenvalue weighted by Gasteiger charge is -2.37. The van der Waals surface area contributed by atoms with E-state index in [-0.39, 0.29) is 12.0 Å². The number of thioether (sulfide) groups is 1. The number of amidine groups is 1. The largest absolute Gasteiger partial charge is 0.485 e. The summed E-state index contributed by atoms with van der Waals surface area (Å²) >= 11 is 7.66. The topological polar surface area (TPSA) is 41.9 Å². The van der Waals surface area contributed by atoms with E-state index in [0.29, 0.717) is 17.2 Å². The van der Waals surface area contributed by atoms with E-state index in [9.17, 15) is 4.79 Å². The number of ether oxygens (including phenoxy) is 1. The van der Waals surface area contributed by atoms with Gasteiger partial charge in [0.2, 0.25) is 0 Å². The first-order valence-corrected chi connectivity index (χ1v) is 10.00. The third-order valence-electron chi connectivity index (χ3n) is 4.97. The van der Waals surface area contributed by atoms with Gasteiger partial charge in [0.25, 0.3) is 5.91 Å². The van der Waals surface area contributed by atoms with Crippen molar-refractivity contribution in [1.29, 1.82) is 0 Å². The molecule has 0 aliphatic carbocycles. The van der Waals surface area contributed by atoms with E-state index in [4.69, 9.17) is 21.3 Å². The van der Waals surface area contributed by atoms with Crippen molar-refractivity contribution in [2.24, 2.45) is 4.99 Å². The monoisotopic (exact) mass is 384 g/mol. The number of likely N-dealkylation sites (N-methyl/N-ethyl adjacent to an activating group) is 1. The molecule has 2 aliphatic rings. The molecule has 0 saturated heterocycles. The van der Waals surface area contributed by atoms with E-state index in [0.717, 1.165) is 21.8 Å². The summed E-state index contributed by atoms with van der Waals surface area (Å²) in [5.74, 6) is 0.698. The second kappa shape index (κ2) is 6.36. The Kier molecular flexibility index (Phi) is 4.28. The number of fused-ring (bicyclic) bond motifs is 2. The van der Waals surface area contributed by atoms with E-state index in [1.807, 2.05) is 56.6 Å². The Hall–Kier alpha value is -1.92. The fourth-order valence-electron chi connectivity index (χ4n) is 3.68. The van der Waals surface area contributed by atoms with Crippen LogP contribution in [0.2, 0.25) is 5.02 Å². The number of carbonyl (C=O) groups excluding carboxylic acids is 1. The molecule has 0 fully saturated rings. The van der Waals surface area contributed by atoms with Crippen LogP contribution in [0.5, 0.6) is 5.75 Å². The fourth-order valence-corrected chi connectivity index (χ4v) is 4.48. The van der Waals surface area contributed by atoms with Gasteiger partial charge >= 0.3 is 0 Å². The van der Waals surface area contributed by atoms with Crippen molar-refractivity contribution in [2.45, 2.75) is 18.1 Å². The highest BCUT2D eigenvalue weighted by Gasteiger charge is 2.53. The summed E-state index contributed by atoms with van der Waals surface area (Å²) in [6, 6.07) is 13.5. The zero-order valence-corrected chi connectivity index (χ0v) is 16.4. The number of hydrogen-bond donors (Lipinski definition) is 0. The molecular weight excluding hydrogens is 367 g/mol. The van der Waals surface area contributed by atoms with Crippen molar-refractivity contribution < 1.29 is 9.53 Å². The van der Waals surface area contributed by atoms with Gasteiger partial charge in [-0.25, -0.2) is 4.99 Å².